The molecule has 1 aliphatic rings. The van der Waals surface area contributed by atoms with Crippen molar-refractivity contribution in [1.29, 1.82) is 0 Å². The third kappa shape index (κ3) is 4.70. The Kier molecular flexibility index (Phi) is 6.01. The van der Waals surface area contributed by atoms with E-state index in [0.29, 0.717) is 19.0 Å². The first kappa shape index (κ1) is 18.1. The van der Waals surface area contributed by atoms with E-state index in [1.165, 1.54) is 6.33 Å². The van der Waals surface area contributed by atoms with Crippen LogP contribution in [0.1, 0.15) is 17.5 Å². The average molecular weight is 356 g/mol. The number of nitrogens with one attached hydrogen (secondary N) is 2. The Morgan fingerprint density at radius 3 is 2.81 bits per heavy atom. The van der Waals surface area contributed by atoms with Crippen LogP contribution in [-0.2, 0) is 9.53 Å². The monoisotopic (exact) mass is 356 g/mol. The summed E-state index contributed by atoms with van der Waals surface area (Å²) in [6, 6.07) is 7.61. The van der Waals surface area contributed by atoms with Crippen molar-refractivity contribution in [3.8, 4) is 5.75 Å². The van der Waals surface area contributed by atoms with Crippen molar-refractivity contribution in [3.05, 3.63) is 47.9 Å². The number of hydrogen-bond acceptors (Lipinski definition) is 6. The summed E-state index contributed by atoms with van der Waals surface area (Å²) in [6.07, 6.45) is 3.89. The number of aryl methyl sites for hydroxylation is 2. The highest BCUT2D eigenvalue weighted by Gasteiger charge is 2.27. The van der Waals surface area contributed by atoms with E-state index in [1.54, 1.807) is 12.3 Å². The highest BCUT2D eigenvalue weighted by Crippen LogP contribution is 2.22. The first-order valence-corrected chi connectivity index (χ1v) is 8.72. The number of para-hydroxylation sites is 1. The van der Waals surface area contributed by atoms with Gasteiger partial charge in [0.2, 0.25) is 0 Å². The lowest BCUT2D eigenvalue weighted by Crippen LogP contribution is -2.53. The van der Waals surface area contributed by atoms with Gasteiger partial charge < -0.3 is 20.1 Å². The average Bonchev–Trinajstić information content (AvgIpc) is 2.64. The Balaban J connectivity index is 1.56. The van der Waals surface area contributed by atoms with Gasteiger partial charge in [0.15, 0.2) is 6.61 Å². The molecule has 138 valence electrons. The first-order chi connectivity index (χ1) is 12.6. The smallest absolute Gasteiger partial charge is 0.258 e. The number of amides is 1. The molecule has 0 saturated carbocycles. The molecule has 0 radical (unpaired) electrons. The number of nitrogens with zero attached hydrogens (tertiary/aromatic N) is 2. The van der Waals surface area contributed by atoms with E-state index in [9.17, 15) is 4.79 Å². The van der Waals surface area contributed by atoms with Crippen molar-refractivity contribution in [2.45, 2.75) is 32.4 Å². The summed E-state index contributed by atoms with van der Waals surface area (Å²) in [5.74, 6) is 1.33. The summed E-state index contributed by atoms with van der Waals surface area (Å²) in [6.45, 7) is 5.06. The van der Waals surface area contributed by atoms with E-state index < -0.39 is 0 Å². The van der Waals surface area contributed by atoms with Crippen LogP contribution in [0.4, 0.5) is 5.82 Å². The molecular weight excluding hydrogens is 332 g/mol. The molecule has 0 spiro atoms. The van der Waals surface area contributed by atoms with E-state index in [0.717, 1.165) is 23.3 Å². The van der Waals surface area contributed by atoms with Crippen LogP contribution >= 0.6 is 0 Å². The molecule has 2 N–H and O–H groups in total. The number of hydrogen-bond donors (Lipinski definition) is 2. The normalized spacial score (nSPS) is 19.6. The van der Waals surface area contributed by atoms with Crippen molar-refractivity contribution >= 4 is 11.7 Å². The molecule has 1 aromatic carbocycles. The molecule has 2 atom stereocenters. The Morgan fingerprint density at radius 1 is 1.27 bits per heavy atom. The van der Waals surface area contributed by atoms with Crippen molar-refractivity contribution in [2.24, 2.45) is 0 Å². The maximum Gasteiger partial charge on any atom is 0.258 e. The second-order valence-electron chi connectivity index (χ2n) is 6.39. The molecule has 0 bridgehead atoms. The van der Waals surface area contributed by atoms with Crippen LogP contribution in [0.2, 0.25) is 0 Å². The van der Waals surface area contributed by atoms with Crippen LogP contribution in [0.15, 0.2) is 36.8 Å². The Labute approximate surface area is 153 Å². The number of ether oxygens (including phenoxy) is 2. The quantitative estimate of drug-likeness (QED) is 0.822. The number of aromatic nitrogens is 2. The van der Waals surface area contributed by atoms with Crippen molar-refractivity contribution in [3.63, 3.8) is 0 Å². The van der Waals surface area contributed by atoms with E-state index in [2.05, 4.69) is 20.6 Å². The maximum absolute atomic E-state index is 12.4. The minimum Gasteiger partial charge on any atom is -0.483 e. The minimum atomic E-state index is -0.144. The van der Waals surface area contributed by atoms with Gasteiger partial charge in [-0.2, -0.15) is 0 Å². The fourth-order valence-electron chi connectivity index (χ4n) is 3.03. The molecule has 1 amide bonds. The number of anilines is 1. The van der Waals surface area contributed by atoms with Gasteiger partial charge in [-0.15, -0.1) is 0 Å². The Hall–Kier alpha value is -2.67. The molecule has 2 aromatic rings. The van der Waals surface area contributed by atoms with Crippen molar-refractivity contribution < 1.29 is 14.3 Å². The van der Waals surface area contributed by atoms with Crippen LogP contribution in [0.25, 0.3) is 0 Å². The molecule has 1 fully saturated rings. The molecule has 26 heavy (non-hydrogen) atoms. The zero-order valence-electron chi connectivity index (χ0n) is 15.1. The summed E-state index contributed by atoms with van der Waals surface area (Å²) in [5.41, 5.74) is 2.04. The molecule has 1 aliphatic heterocycles. The summed E-state index contributed by atoms with van der Waals surface area (Å²) < 4.78 is 11.3. The zero-order valence-corrected chi connectivity index (χ0v) is 15.1. The molecule has 7 nitrogen and oxygen atoms in total. The van der Waals surface area contributed by atoms with Gasteiger partial charge in [0, 0.05) is 12.8 Å². The molecule has 0 unspecified atom stereocenters. The third-order valence-electron chi connectivity index (χ3n) is 4.37. The van der Waals surface area contributed by atoms with Crippen molar-refractivity contribution in [2.75, 3.05) is 25.1 Å². The van der Waals surface area contributed by atoms with Gasteiger partial charge in [0.1, 0.15) is 17.9 Å². The topological polar surface area (TPSA) is 85.4 Å². The first-order valence-electron chi connectivity index (χ1n) is 8.72. The summed E-state index contributed by atoms with van der Waals surface area (Å²) in [5, 5.41) is 6.35. The summed E-state index contributed by atoms with van der Waals surface area (Å²) >= 11 is 0. The third-order valence-corrected chi connectivity index (χ3v) is 4.37. The fraction of sp³-hybridized carbons (Fsp3) is 0.421. The van der Waals surface area contributed by atoms with Gasteiger partial charge >= 0.3 is 0 Å². The zero-order chi connectivity index (χ0) is 18.4. The van der Waals surface area contributed by atoms with Gasteiger partial charge in [0.05, 0.1) is 18.7 Å². The molecule has 1 saturated heterocycles. The second-order valence-corrected chi connectivity index (χ2v) is 6.39. The summed E-state index contributed by atoms with van der Waals surface area (Å²) in [7, 11) is 0. The standard InChI is InChI=1S/C19H24N4O3/c1-13-4-3-5-14(2)19(13)26-11-18(24)23-15-7-9-25-10-16(15)22-17-6-8-20-12-21-17/h3-6,8,12,15-16H,7,9-11H2,1-2H3,(H,23,24)(H,20,21,22)/t15-,16+/m0/s1. The molecule has 1 aromatic heterocycles. The second kappa shape index (κ2) is 8.62. The van der Waals surface area contributed by atoms with Gasteiger partial charge in [-0.3, -0.25) is 4.79 Å². The lowest BCUT2D eigenvalue weighted by molar-refractivity contribution is -0.124. The van der Waals surface area contributed by atoms with Gasteiger partial charge in [-0.1, -0.05) is 18.2 Å². The Morgan fingerprint density at radius 2 is 2.08 bits per heavy atom. The molecule has 7 heteroatoms. The van der Waals surface area contributed by atoms with E-state index in [-0.39, 0.29) is 24.6 Å². The van der Waals surface area contributed by atoms with Crippen LogP contribution in [-0.4, -0.2) is 47.8 Å². The van der Waals surface area contributed by atoms with Gasteiger partial charge in [-0.25, -0.2) is 9.97 Å². The van der Waals surface area contributed by atoms with E-state index in [4.69, 9.17) is 9.47 Å². The molecule has 0 aliphatic carbocycles. The highest BCUT2D eigenvalue weighted by molar-refractivity contribution is 5.78. The maximum atomic E-state index is 12.4. The van der Waals surface area contributed by atoms with Crippen LogP contribution in [0, 0.1) is 13.8 Å². The van der Waals surface area contributed by atoms with Gasteiger partial charge in [-0.05, 0) is 37.5 Å². The fourth-order valence-corrected chi connectivity index (χ4v) is 3.03. The number of carbonyl (C=O) groups is 1. The van der Waals surface area contributed by atoms with Gasteiger partial charge in [0.25, 0.3) is 5.91 Å². The Bertz CT molecular complexity index is 719. The van der Waals surface area contributed by atoms with E-state index in [1.807, 2.05) is 32.0 Å². The number of rotatable bonds is 6. The molecular formula is C19H24N4O3. The highest BCUT2D eigenvalue weighted by atomic mass is 16.5. The predicted molar refractivity (Wildman–Crippen MR) is 98.2 cm³/mol. The molecule has 3 rings (SSSR count). The molecule has 2 heterocycles. The number of benzene rings is 1. The van der Waals surface area contributed by atoms with Crippen LogP contribution < -0.4 is 15.4 Å². The lowest BCUT2D eigenvalue weighted by atomic mass is 10.0. The largest absolute Gasteiger partial charge is 0.483 e. The van der Waals surface area contributed by atoms with Crippen LogP contribution in [0.5, 0.6) is 5.75 Å². The van der Waals surface area contributed by atoms with Crippen molar-refractivity contribution in [1.82, 2.24) is 15.3 Å². The number of carbonyl (C=O) groups excluding carboxylic acids is 1. The lowest BCUT2D eigenvalue weighted by Gasteiger charge is -2.33. The predicted octanol–water partition coefficient (Wildman–Crippen LogP) is 1.86. The van der Waals surface area contributed by atoms with E-state index >= 15 is 0 Å². The minimum absolute atomic E-state index is 0.0106. The SMILES string of the molecule is Cc1cccc(C)c1OCC(=O)N[C@H]1CCOC[C@H]1Nc1ccncn1. The van der Waals surface area contributed by atoms with Crippen LogP contribution in [0.3, 0.4) is 0 Å². The summed E-state index contributed by atoms with van der Waals surface area (Å²) in [4.78, 5) is 20.4.